The largest absolute Gasteiger partial charge is 0.449 e. The van der Waals surface area contributed by atoms with Crippen molar-refractivity contribution in [2.75, 3.05) is 0 Å². The molecule has 0 heterocycles. The third kappa shape index (κ3) is 3.36. The van der Waals surface area contributed by atoms with E-state index >= 15 is 0 Å². The average molecular weight is 115 g/mol. The molecule has 0 aromatic carbocycles. The SMILES string of the molecule is C=CC[C@H](N)OC=O. The molecule has 0 aromatic heterocycles. The van der Waals surface area contributed by atoms with Gasteiger partial charge in [0, 0.05) is 6.42 Å². The molecule has 0 aliphatic rings. The van der Waals surface area contributed by atoms with Crippen molar-refractivity contribution in [1.29, 1.82) is 0 Å². The Labute approximate surface area is 48.1 Å². The predicted octanol–water partition coefficient (Wildman–Crippen LogP) is 0.0203. The van der Waals surface area contributed by atoms with E-state index in [1.165, 1.54) is 0 Å². The minimum Gasteiger partial charge on any atom is -0.449 e. The zero-order valence-electron chi connectivity index (χ0n) is 4.54. The van der Waals surface area contributed by atoms with Crippen molar-refractivity contribution in [2.24, 2.45) is 5.73 Å². The van der Waals surface area contributed by atoms with Crippen LogP contribution in [-0.2, 0) is 9.53 Å². The molecule has 3 nitrogen and oxygen atoms in total. The van der Waals surface area contributed by atoms with Gasteiger partial charge in [-0.05, 0) is 0 Å². The molecule has 0 amide bonds. The highest BCUT2D eigenvalue weighted by Gasteiger charge is 1.94. The van der Waals surface area contributed by atoms with E-state index in [0.29, 0.717) is 12.9 Å². The molecule has 0 aliphatic heterocycles. The molecule has 8 heavy (non-hydrogen) atoms. The number of hydrogen-bond acceptors (Lipinski definition) is 3. The summed E-state index contributed by atoms with van der Waals surface area (Å²) >= 11 is 0. The first-order chi connectivity index (χ1) is 3.81. The number of hydrogen-bond donors (Lipinski definition) is 1. The topological polar surface area (TPSA) is 52.3 Å². The molecule has 0 bridgehead atoms. The Kier molecular flexibility index (Phi) is 3.88. The lowest BCUT2D eigenvalue weighted by atomic mass is 10.4. The van der Waals surface area contributed by atoms with Crippen LogP contribution in [0.25, 0.3) is 0 Å². The van der Waals surface area contributed by atoms with Crippen LogP contribution in [0.3, 0.4) is 0 Å². The number of carbonyl (C=O) groups excluding carboxylic acids is 1. The summed E-state index contributed by atoms with van der Waals surface area (Å²) in [6.45, 7) is 3.73. The van der Waals surface area contributed by atoms with Crippen LogP contribution < -0.4 is 5.73 Å². The Balaban J connectivity index is 3.16. The second-order valence-electron chi connectivity index (χ2n) is 1.30. The van der Waals surface area contributed by atoms with Gasteiger partial charge in [-0.3, -0.25) is 10.5 Å². The number of rotatable bonds is 4. The third-order valence-electron chi connectivity index (χ3n) is 0.629. The Morgan fingerprint density at radius 1 is 1.88 bits per heavy atom. The fraction of sp³-hybridized carbons (Fsp3) is 0.400. The van der Waals surface area contributed by atoms with Crippen molar-refractivity contribution in [2.45, 2.75) is 12.6 Å². The van der Waals surface area contributed by atoms with Crippen LogP contribution in [0.1, 0.15) is 6.42 Å². The van der Waals surface area contributed by atoms with Gasteiger partial charge >= 0.3 is 0 Å². The van der Waals surface area contributed by atoms with Crippen molar-refractivity contribution in [3.63, 3.8) is 0 Å². The molecular weight excluding hydrogens is 106 g/mol. The van der Waals surface area contributed by atoms with Crippen LogP contribution >= 0.6 is 0 Å². The first-order valence-electron chi connectivity index (χ1n) is 2.27. The summed E-state index contributed by atoms with van der Waals surface area (Å²) in [7, 11) is 0. The Hall–Kier alpha value is -0.830. The number of carbonyl (C=O) groups is 1. The quantitative estimate of drug-likeness (QED) is 0.319. The fourth-order valence-electron chi connectivity index (χ4n) is 0.291. The molecule has 0 aliphatic carbocycles. The first-order valence-corrected chi connectivity index (χ1v) is 2.27. The van der Waals surface area contributed by atoms with Gasteiger partial charge in [0.15, 0.2) is 6.23 Å². The van der Waals surface area contributed by atoms with E-state index in [0.717, 1.165) is 0 Å². The maximum Gasteiger partial charge on any atom is 0.294 e. The van der Waals surface area contributed by atoms with Crippen LogP contribution in [0.15, 0.2) is 12.7 Å². The van der Waals surface area contributed by atoms with E-state index in [-0.39, 0.29) is 0 Å². The molecular formula is C5H9NO2. The molecule has 46 valence electrons. The molecule has 0 fully saturated rings. The van der Waals surface area contributed by atoms with Crippen molar-refractivity contribution < 1.29 is 9.53 Å². The Morgan fingerprint density at radius 2 is 2.50 bits per heavy atom. The summed E-state index contributed by atoms with van der Waals surface area (Å²) in [6, 6.07) is 0. The standard InChI is InChI=1S/C5H9NO2/c1-2-3-5(6)8-4-7/h2,4-5H,1,3,6H2/t5-/m1/s1. The van der Waals surface area contributed by atoms with Crippen molar-refractivity contribution in [3.8, 4) is 0 Å². The van der Waals surface area contributed by atoms with Gasteiger partial charge in [0.1, 0.15) is 0 Å². The molecule has 0 rings (SSSR count). The lowest BCUT2D eigenvalue weighted by Gasteiger charge is -2.03. The molecule has 0 spiro atoms. The van der Waals surface area contributed by atoms with Crippen LogP contribution in [0, 0.1) is 0 Å². The summed E-state index contributed by atoms with van der Waals surface area (Å²) in [5.41, 5.74) is 5.17. The molecule has 0 saturated heterocycles. The highest BCUT2D eigenvalue weighted by atomic mass is 16.5. The maximum atomic E-state index is 9.55. The zero-order chi connectivity index (χ0) is 6.41. The monoisotopic (exact) mass is 115 g/mol. The minimum absolute atomic E-state index is 0.328. The smallest absolute Gasteiger partial charge is 0.294 e. The second kappa shape index (κ2) is 4.33. The summed E-state index contributed by atoms with van der Waals surface area (Å²) < 4.78 is 4.31. The van der Waals surface area contributed by atoms with Gasteiger partial charge in [0.05, 0.1) is 0 Å². The van der Waals surface area contributed by atoms with E-state index in [4.69, 9.17) is 5.73 Å². The van der Waals surface area contributed by atoms with Crippen LogP contribution in [-0.4, -0.2) is 12.7 Å². The molecule has 0 unspecified atom stereocenters. The highest BCUT2D eigenvalue weighted by molar-refractivity contribution is 5.37. The number of ether oxygens (including phenoxy) is 1. The molecule has 0 radical (unpaired) electrons. The second-order valence-corrected chi connectivity index (χ2v) is 1.30. The van der Waals surface area contributed by atoms with Crippen molar-refractivity contribution in [3.05, 3.63) is 12.7 Å². The van der Waals surface area contributed by atoms with Gasteiger partial charge in [0.25, 0.3) is 6.47 Å². The predicted molar refractivity (Wildman–Crippen MR) is 29.9 cm³/mol. The van der Waals surface area contributed by atoms with E-state index in [2.05, 4.69) is 11.3 Å². The van der Waals surface area contributed by atoms with Gasteiger partial charge < -0.3 is 4.74 Å². The van der Waals surface area contributed by atoms with E-state index < -0.39 is 6.23 Å². The molecule has 2 N–H and O–H groups in total. The fourth-order valence-corrected chi connectivity index (χ4v) is 0.291. The lowest BCUT2D eigenvalue weighted by molar-refractivity contribution is -0.133. The Bertz CT molecular complexity index is 72.5. The van der Waals surface area contributed by atoms with Gasteiger partial charge in [-0.1, -0.05) is 6.08 Å². The van der Waals surface area contributed by atoms with Gasteiger partial charge in [-0.2, -0.15) is 0 Å². The summed E-state index contributed by atoms with van der Waals surface area (Å²) in [5.74, 6) is 0. The normalized spacial score (nSPS) is 12.1. The summed E-state index contributed by atoms with van der Waals surface area (Å²) in [5, 5.41) is 0. The molecule has 3 heteroatoms. The van der Waals surface area contributed by atoms with E-state index in [1.54, 1.807) is 6.08 Å². The zero-order valence-corrected chi connectivity index (χ0v) is 4.54. The Morgan fingerprint density at radius 3 is 2.88 bits per heavy atom. The third-order valence-corrected chi connectivity index (χ3v) is 0.629. The van der Waals surface area contributed by atoms with Crippen LogP contribution in [0.4, 0.5) is 0 Å². The van der Waals surface area contributed by atoms with Gasteiger partial charge in [0.2, 0.25) is 0 Å². The van der Waals surface area contributed by atoms with Gasteiger partial charge in [-0.25, -0.2) is 0 Å². The molecule has 0 saturated carbocycles. The summed E-state index contributed by atoms with van der Waals surface area (Å²) in [4.78, 5) is 9.55. The first kappa shape index (κ1) is 7.17. The van der Waals surface area contributed by atoms with E-state index in [1.807, 2.05) is 0 Å². The summed E-state index contributed by atoms with van der Waals surface area (Å²) in [6.07, 6.45) is 1.57. The van der Waals surface area contributed by atoms with Crippen molar-refractivity contribution in [1.82, 2.24) is 0 Å². The molecule has 0 aromatic rings. The van der Waals surface area contributed by atoms with Gasteiger partial charge in [-0.15, -0.1) is 6.58 Å². The lowest BCUT2D eigenvalue weighted by Crippen LogP contribution is -2.21. The molecule has 1 atom stereocenters. The van der Waals surface area contributed by atoms with Crippen LogP contribution in [0.2, 0.25) is 0 Å². The van der Waals surface area contributed by atoms with Crippen LogP contribution in [0.5, 0.6) is 0 Å². The maximum absolute atomic E-state index is 9.55. The minimum atomic E-state index is -0.523. The van der Waals surface area contributed by atoms with E-state index in [9.17, 15) is 4.79 Å². The number of nitrogens with two attached hydrogens (primary N) is 1. The highest BCUT2D eigenvalue weighted by Crippen LogP contribution is 1.86. The van der Waals surface area contributed by atoms with Crippen molar-refractivity contribution >= 4 is 6.47 Å². The average Bonchev–Trinajstić information content (AvgIpc) is 1.68.